The Morgan fingerprint density at radius 3 is 2.92 bits per heavy atom. The van der Waals surface area contributed by atoms with Gasteiger partial charge in [-0.05, 0) is 20.0 Å². The van der Waals surface area contributed by atoms with E-state index in [9.17, 15) is 4.79 Å². The summed E-state index contributed by atoms with van der Waals surface area (Å²) in [5.41, 5.74) is 0.561. The van der Waals surface area contributed by atoms with Crippen molar-refractivity contribution in [3.05, 3.63) is 33.2 Å². The number of aromatic nitrogens is 1. The van der Waals surface area contributed by atoms with Gasteiger partial charge >= 0.3 is 0 Å². The van der Waals surface area contributed by atoms with Gasteiger partial charge in [0.05, 0.1) is 5.02 Å². The van der Waals surface area contributed by atoms with Crippen molar-refractivity contribution in [1.29, 1.82) is 0 Å². The minimum atomic E-state index is -0.0961. The fourth-order valence-electron chi connectivity index (χ4n) is 0.951. The molecule has 0 saturated heterocycles. The number of hydrogen-bond acceptors (Lipinski definition) is 2. The Hall–Kier alpha value is -0.800. The summed E-state index contributed by atoms with van der Waals surface area (Å²) in [6.45, 7) is 1.90. The van der Waals surface area contributed by atoms with E-state index in [0.717, 1.165) is 0 Å². The molecule has 2 N–H and O–H groups in total. The van der Waals surface area contributed by atoms with Gasteiger partial charge < -0.3 is 10.3 Å². The molecule has 1 rings (SSSR count). The quantitative estimate of drug-likeness (QED) is 0.732. The van der Waals surface area contributed by atoms with Crippen LogP contribution in [-0.2, 0) is 0 Å². The molecule has 66 valence electrons. The standard InChI is InChI=1S/C8H11ClN2O/c1-5(10-2)7-3-6(9)4-11-8(7)12/h3-5,10H,1-2H3,(H,11,12)/t5-/m0/s1. The molecular weight excluding hydrogens is 176 g/mol. The first kappa shape index (κ1) is 9.29. The summed E-state index contributed by atoms with van der Waals surface area (Å²) in [6, 6.07) is 1.69. The highest BCUT2D eigenvalue weighted by Crippen LogP contribution is 2.11. The lowest BCUT2D eigenvalue weighted by atomic mass is 10.1. The zero-order valence-electron chi connectivity index (χ0n) is 7.02. The van der Waals surface area contributed by atoms with E-state index in [1.54, 1.807) is 13.1 Å². The summed E-state index contributed by atoms with van der Waals surface area (Å²) in [5, 5.41) is 3.52. The Kier molecular flexibility index (Phi) is 2.89. The third-order valence-corrected chi connectivity index (χ3v) is 2.01. The van der Waals surface area contributed by atoms with Crippen molar-refractivity contribution in [3.8, 4) is 0 Å². The molecule has 0 saturated carbocycles. The average Bonchev–Trinajstić information content (AvgIpc) is 2.08. The van der Waals surface area contributed by atoms with Crippen LogP contribution in [0.15, 0.2) is 17.1 Å². The largest absolute Gasteiger partial charge is 0.327 e. The van der Waals surface area contributed by atoms with Gasteiger partial charge in [-0.3, -0.25) is 4.79 Å². The van der Waals surface area contributed by atoms with Crippen LogP contribution in [0, 0.1) is 0 Å². The van der Waals surface area contributed by atoms with E-state index in [4.69, 9.17) is 11.6 Å². The SMILES string of the molecule is CN[C@@H](C)c1cc(Cl)c[nH]c1=O. The molecule has 0 fully saturated rings. The molecule has 0 unspecified atom stereocenters. The second-order valence-electron chi connectivity index (χ2n) is 2.61. The molecule has 0 aromatic carbocycles. The van der Waals surface area contributed by atoms with Crippen LogP contribution in [0.4, 0.5) is 0 Å². The van der Waals surface area contributed by atoms with Crippen LogP contribution in [0.25, 0.3) is 0 Å². The molecule has 1 aromatic heterocycles. The summed E-state index contributed by atoms with van der Waals surface area (Å²) in [5.74, 6) is 0. The van der Waals surface area contributed by atoms with Gasteiger partial charge in [0.1, 0.15) is 0 Å². The second-order valence-corrected chi connectivity index (χ2v) is 3.05. The van der Waals surface area contributed by atoms with Crippen molar-refractivity contribution in [1.82, 2.24) is 10.3 Å². The van der Waals surface area contributed by atoms with Crippen molar-refractivity contribution in [3.63, 3.8) is 0 Å². The Morgan fingerprint density at radius 2 is 2.33 bits per heavy atom. The number of aromatic amines is 1. The van der Waals surface area contributed by atoms with Gasteiger partial charge in [-0.1, -0.05) is 11.6 Å². The fourth-order valence-corrected chi connectivity index (χ4v) is 1.12. The molecule has 3 nitrogen and oxygen atoms in total. The first-order chi connectivity index (χ1) is 5.65. The van der Waals surface area contributed by atoms with E-state index in [-0.39, 0.29) is 11.6 Å². The first-order valence-electron chi connectivity index (χ1n) is 3.70. The Bertz CT molecular complexity index is 321. The van der Waals surface area contributed by atoms with Crippen LogP contribution in [0.3, 0.4) is 0 Å². The zero-order valence-corrected chi connectivity index (χ0v) is 7.77. The number of rotatable bonds is 2. The van der Waals surface area contributed by atoms with Crippen molar-refractivity contribution in [2.24, 2.45) is 0 Å². The number of halogens is 1. The maximum Gasteiger partial charge on any atom is 0.252 e. The molecule has 0 bridgehead atoms. The van der Waals surface area contributed by atoms with Crippen LogP contribution in [0.2, 0.25) is 5.02 Å². The summed E-state index contributed by atoms with van der Waals surface area (Å²) < 4.78 is 0. The lowest BCUT2D eigenvalue weighted by Gasteiger charge is -2.08. The van der Waals surface area contributed by atoms with Crippen LogP contribution in [0.1, 0.15) is 18.5 Å². The Morgan fingerprint density at radius 1 is 1.67 bits per heavy atom. The molecule has 0 aliphatic rings. The first-order valence-corrected chi connectivity index (χ1v) is 4.08. The summed E-state index contributed by atoms with van der Waals surface area (Å²) in [4.78, 5) is 13.8. The number of H-pyrrole nitrogens is 1. The van der Waals surface area contributed by atoms with Gasteiger partial charge in [0, 0.05) is 17.8 Å². The normalized spacial score (nSPS) is 12.9. The highest BCUT2D eigenvalue weighted by Gasteiger charge is 2.06. The molecule has 1 heterocycles. The second kappa shape index (κ2) is 3.74. The maximum absolute atomic E-state index is 11.2. The molecule has 4 heteroatoms. The van der Waals surface area contributed by atoms with Crippen molar-refractivity contribution >= 4 is 11.6 Å². The van der Waals surface area contributed by atoms with E-state index < -0.39 is 0 Å². The van der Waals surface area contributed by atoms with E-state index in [0.29, 0.717) is 10.6 Å². The Balaban J connectivity index is 3.13. The maximum atomic E-state index is 11.2. The minimum Gasteiger partial charge on any atom is -0.327 e. The zero-order chi connectivity index (χ0) is 9.14. The number of nitrogens with one attached hydrogen (secondary N) is 2. The lowest BCUT2D eigenvalue weighted by Crippen LogP contribution is -2.21. The summed E-state index contributed by atoms with van der Waals surface area (Å²) in [7, 11) is 1.80. The van der Waals surface area contributed by atoms with Gasteiger partial charge in [0.15, 0.2) is 0 Å². The van der Waals surface area contributed by atoms with Crippen LogP contribution < -0.4 is 10.9 Å². The van der Waals surface area contributed by atoms with E-state index >= 15 is 0 Å². The minimum absolute atomic E-state index is 0.0208. The van der Waals surface area contributed by atoms with Crippen LogP contribution >= 0.6 is 11.6 Å². The van der Waals surface area contributed by atoms with Crippen molar-refractivity contribution < 1.29 is 0 Å². The molecular formula is C8H11ClN2O. The molecule has 0 spiro atoms. The van der Waals surface area contributed by atoms with Gasteiger partial charge in [-0.25, -0.2) is 0 Å². The lowest BCUT2D eigenvalue weighted by molar-refractivity contribution is 0.644. The molecule has 1 aromatic rings. The van der Waals surface area contributed by atoms with Gasteiger partial charge in [-0.15, -0.1) is 0 Å². The number of hydrogen-bond donors (Lipinski definition) is 2. The highest BCUT2D eigenvalue weighted by atomic mass is 35.5. The molecule has 12 heavy (non-hydrogen) atoms. The topological polar surface area (TPSA) is 44.9 Å². The van der Waals surface area contributed by atoms with Crippen molar-refractivity contribution in [2.45, 2.75) is 13.0 Å². The molecule has 1 atom stereocenters. The van der Waals surface area contributed by atoms with Crippen molar-refractivity contribution in [2.75, 3.05) is 7.05 Å². The number of pyridine rings is 1. The third kappa shape index (κ3) is 1.87. The van der Waals surface area contributed by atoms with Crippen LogP contribution in [0.5, 0.6) is 0 Å². The molecule has 0 radical (unpaired) electrons. The van der Waals surface area contributed by atoms with E-state index in [2.05, 4.69) is 10.3 Å². The molecule has 0 amide bonds. The predicted molar refractivity (Wildman–Crippen MR) is 49.5 cm³/mol. The van der Waals surface area contributed by atoms with Gasteiger partial charge in [-0.2, -0.15) is 0 Å². The van der Waals surface area contributed by atoms with E-state index in [1.807, 2.05) is 6.92 Å². The van der Waals surface area contributed by atoms with Crippen LogP contribution in [-0.4, -0.2) is 12.0 Å². The predicted octanol–water partition coefficient (Wildman–Crippen LogP) is 1.31. The summed E-state index contributed by atoms with van der Waals surface area (Å²) >= 11 is 5.72. The molecule has 0 aliphatic heterocycles. The summed E-state index contributed by atoms with van der Waals surface area (Å²) in [6.07, 6.45) is 1.48. The average molecular weight is 187 g/mol. The smallest absolute Gasteiger partial charge is 0.252 e. The monoisotopic (exact) mass is 186 g/mol. The third-order valence-electron chi connectivity index (χ3n) is 1.80. The Labute approximate surface area is 75.8 Å². The van der Waals surface area contributed by atoms with Gasteiger partial charge in [0.25, 0.3) is 5.56 Å². The van der Waals surface area contributed by atoms with Gasteiger partial charge in [0.2, 0.25) is 0 Å². The fraction of sp³-hybridized carbons (Fsp3) is 0.375. The van der Waals surface area contributed by atoms with E-state index in [1.165, 1.54) is 6.20 Å². The molecule has 0 aliphatic carbocycles. The highest BCUT2D eigenvalue weighted by molar-refractivity contribution is 6.30.